The van der Waals surface area contributed by atoms with Crippen molar-refractivity contribution < 1.29 is 14.3 Å². The number of carbonyl (C=O) groups excluding carboxylic acids is 1. The highest BCUT2D eigenvalue weighted by molar-refractivity contribution is 5.87. The smallest absolute Gasteiger partial charge is 0.305 e. The van der Waals surface area contributed by atoms with Crippen molar-refractivity contribution in [1.82, 2.24) is 0 Å². The molecule has 2 saturated carbocycles. The van der Waals surface area contributed by atoms with Gasteiger partial charge in [-0.2, -0.15) is 0 Å². The van der Waals surface area contributed by atoms with E-state index in [1.165, 1.54) is 21.9 Å². The van der Waals surface area contributed by atoms with Gasteiger partial charge in [-0.3, -0.25) is 4.79 Å². The molecule has 4 atom stereocenters. The van der Waals surface area contributed by atoms with Gasteiger partial charge in [-0.05, 0) is 78.3 Å². The molecule has 2 fully saturated rings. The monoisotopic (exact) mass is 408 g/mol. The lowest BCUT2D eigenvalue weighted by Gasteiger charge is -2.35. The number of rotatable bonds is 5. The zero-order chi connectivity index (χ0) is 21.7. The molecule has 4 unspecified atom stereocenters. The van der Waals surface area contributed by atoms with E-state index in [-0.39, 0.29) is 29.2 Å². The van der Waals surface area contributed by atoms with Crippen molar-refractivity contribution in [2.45, 2.75) is 90.4 Å². The van der Waals surface area contributed by atoms with E-state index in [1.54, 1.807) is 0 Å². The van der Waals surface area contributed by atoms with Crippen LogP contribution in [0.5, 0.6) is 0 Å². The fourth-order valence-electron chi connectivity index (χ4n) is 5.47. The molecule has 0 aliphatic heterocycles. The quantitative estimate of drug-likeness (QED) is 0.529. The maximum Gasteiger partial charge on any atom is 0.305 e. The zero-order valence-electron chi connectivity index (χ0n) is 19.3. The first-order chi connectivity index (χ1) is 14.1. The number of esters is 1. The van der Waals surface area contributed by atoms with Gasteiger partial charge >= 0.3 is 5.97 Å². The Labute approximate surface area is 181 Å². The predicted octanol–water partition coefficient (Wildman–Crippen LogP) is 6.51. The summed E-state index contributed by atoms with van der Waals surface area (Å²) in [5.74, 6) is 0.880. The van der Waals surface area contributed by atoms with Gasteiger partial charge in [-0.1, -0.05) is 58.0 Å². The van der Waals surface area contributed by atoms with E-state index in [4.69, 9.17) is 9.47 Å². The van der Waals surface area contributed by atoms with Crippen LogP contribution in [0.2, 0.25) is 0 Å². The third kappa shape index (κ3) is 4.01. The average molecular weight is 409 g/mol. The fourth-order valence-corrected chi connectivity index (χ4v) is 5.47. The van der Waals surface area contributed by atoms with Gasteiger partial charge in [0.25, 0.3) is 0 Å². The molecule has 30 heavy (non-hydrogen) atoms. The number of carbonyl (C=O) groups is 1. The lowest BCUT2D eigenvalue weighted by atomic mass is 9.83. The Morgan fingerprint density at radius 2 is 1.67 bits per heavy atom. The summed E-state index contributed by atoms with van der Waals surface area (Å²) in [7, 11) is 0. The van der Waals surface area contributed by atoms with Crippen molar-refractivity contribution in [3.63, 3.8) is 0 Å². The molecule has 2 bridgehead atoms. The highest BCUT2D eigenvalue weighted by Gasteiger charge is 2.49. The van der Waals surface area contributed by atoms with Gasteiger partial charge in [0, 0.05) is 6.42 Å². The SMILES string of the molecule is CCC(=O)OC1CC2CC1CC2OC(C)(C)c1ccc2c(C(C)(C)C)cccc2c1. The molecule has 2 aromatic rings. The van der Waals surface area contributed by atoms with Gasteiger partial charge in [0.1, 0.15) is 6.10 Å². The van der Waals surface area contributed by atoms with Crippen molar-refractivity contribution in [2.75, 3.05) is 0 Å². The van der Waals surface area contributed by atoms with Gasteiger partial charge in [-0.15, -0.1) is 0 Å². The van der Waals surface area contributed by atoms with Crippen LogP contribution < -0.4 is 0 Å². The first-order valence-corrected chi connectivity index (χ1v) is 11.5. The molecule has 0 radical (unpaired) electrons. The molecular formula is C27H36O3. The van der Waals surface area contributed by atoms with Gasteiger partial charge < -0.3 is 9.47 Å². The van der Waals surface area contributed by atoms with Crippen LogP contribution in [0.4, 0.5) is 0 Å². The summed E-state index contributed by atoms with van der Waals surface area (Å²) >= 11 is 0. The van der Waals surface area contributed by atoms with Crippen LogP contribution in [0, 0.1) is 11.8 Å². The zero-order valence-corrected chi connectivity index (χ0v) is 19.3. The van der Waals surface area contributed by atoms with Crippen LogP contribution in [0.25, 0.3) is 10.8 Å². The third-order valence-electron chi connectivity index (χ3n) is 7.13. The second kappa shape index (κ2) is 7.67. The van der Waals surface area contributed by atoms with Gasteiger partial charge in [0.2, 0.25) is 0 Å². The third-order valence-corrected chi connectivity index (χ3v) is 7.13. The van der Waals surface area contributed by atoms with Crippen molar-refractivity contribution in [3.05, 3.63) is 47.5 Å². The maximum atomic E-state index is 11.7. The molecule has 162 valence electrons. The fraction of sp³-hybridized carbons (Fsp3) is 0.593. The number of hydrogen-bond donors (Lipinski definition) is 0. The van der Waals surface area contributed by atoms with E-state index in [2.05, 4.69) is 71.0 Å². The second-order valence-electron chi connectivity index (χ2n) is 10.8. The van der Waals surface area contributed by atoms with Crippen molar-refractivity contribution >= 4 is 16.7 Å². The number of ether oxygens (including phenoxy) is 2. The topological polar surface area (TPSA) is 35.5 Å². The van der Waals surface area contributed by atoms with Crippen LogP contribution in [0.3, 0.4) is 0 Å². The minimum absolute atomic E-state index is 0.0730. The number of fused-ring (bicyclic) bond motifs is 3. The number of hydrogen-bond acceptors (Lipinski definition) is 3. The first kappa shape index (κ1) is 21.4. The molecule has 0 heterocycles. The summed E-state index contributed by atoms with van der Waals surface area (Å²) in [6.45, 7) is 13.0. The van der Waals surface area contributed by atoms with E-state index in [0.717, 1.165) is 19.3 Å². The lowest BCUT2D eigenvalue weighted by Crippen LogP contribution is -2.35. The molecule has 4 rings (SSSR count). The van der Waals surface area contributed by atoms with Crippen molar-refractivity contribution in [1.29, 1.82) is 0 Å². The minimum Gasteiger partial charge on any atom is -0.462 e. The molecule has 0 amide bonds. The molecule has 3 heteroatoms. The average Bonchev–Trinajstić information content (AvgIpc) is 3.25. The van der Waals surface area contributed by atoms with E-state index < -0.39 is 0 Å². The van der Waals surface area contributed by atoms with Gasteiger partial charge in [-0.25, -0.2) is 0 Å². The van der Waals surface area contributed by atoms with Gasteiger partial charge in [0.15, 0.2) is 0 Å². The molecule has 0 spiro atoms. The van der Waals surface area contributed by atoms with Crippen LogP contribution in [-0.2, 0) is 25.3 Å². The van der Waals surface area contributed by atoms with Crippen LogP contribution >= 0.6 is 0 Å². The summed E-state index contributed by atoms with van der Waals surface area (Å²) in [6, 6.07) is 13.4. The predicted molar refractivity (Wildman–Crippen MR) is 122 cm³/mol. The van der Waals surface area contributed by atoms with E-state index in [0.29, 0.717) is 18.3 Å². The summed E-state index contributed by atoms with van der Waals surface area (Å²) in [6.07, 6.45) is 3.87. The molecule has 2 aliphatic carbocycles. The Morgan fingerprint density at radius 1 is 0.967 bits per heavy atom. The maximum absolute atomic E-state index is 11.7. The Kier molecular flexibility index (Phi) is 5.47. The Hall–Kier alpha value is -1.87. The first-order valence-electron chi connectivity index (χ1n) is 11.5. The lowest BCUT2D eigenvalue weighted by molar-refractivity contribution is -0.155. The molecule has 2 aliphatic rings. The summed E-state index contributed by atoms with van der Waals surface area (Å²) in [4.78, 5) is 11.7. The molecule has 3 nitrogen and oxygen atoms in total. The molecule has 0 N–H and O–H groups in total. The normalized spacial score (nSPS) is 26.3. The molecule has 0 aromatic heterocycles. The van der Waals surface area contributed by atoms with Crippen molar-refractivity contribution in [3.8, 4) is 0 Å². The Balaban J connectivity index is 1.50. The summed E-state index contributed by atoms with van der Waals surface area (Å²) in [5, 5.41) is 2.60. The van der Waals surface area contributed by atoms with Crippen LogP contribution in [0.1, 0.15) is 78.4 Å². The molecule has 2 aromatic carbocycles. The summed E-state index contributed by atoms with van der Waals surface area (Å²) < 4.78 is 12.4. The Bertz CT molecular complexity index is 937. The second-order valence-corrected chi connectivity index (χ2v) is 10.8. The highest BCUT2D eigenvalue weighted by Crippen LogP contribution is 2.49. The van der Waals surface area contributed by atoms with E-state index >= 15 is 0 Å². The standard InChI is InChI=1S/C27H36O3/c1-7-25(28)29-23-15-19-13-18(23)16-24(19)30-27(5,6)20-11-12-21-17(14-20)9-8-10-22(21)26(2,3)4/h8-12,14,18-19,23-24H,7,13,15-16H2,1-6H3. The van der Waals surface area contributed by atoms with E-state index in [1.807, 2.05) is 6.92 Å². The number of benzene rings is 2. The minimum atomic E-state index is -0.351. The highest BCUT2D eigenvalue weighted by atomic mass is 16.5. The molecular weight excluding hydrogens is 372 g/mol. The Morgan fingerprint density at radius 3 is 2.30 bits per heavy atom. The van der Waals surface area contributed by atoms with Crippen LogP contribution in [-0.4, -0.2) is 18.2 Å². The van der Waals surface area contributed by atoms with Crippen molar-refractivity contribution in [2.24, 2.45) is 11.8 Å². The van der Waals surface area contributed by atoms with Crippen LogP contribution in [0.15, 0.2) is 36.4 Å². The summed E-state index contributed by atoms with van der Waals surface area (Å²) in [5.41, 5.74) is 2.37. The van der Waals surface area contributed by atoms with E-state index in [9.17, 15) is 4.79 Å². The van der Waals surface area contributed by atoms with Gasteiger partial charge in [0.05, 0.1) is 11.7 Å². The molecule has 0 saturated heterocycles. The largest absolute Gasteiger partial charge is 0.462 e.